The highest BCUT2D eigenvalue weighted by atomic mass is 19.4. The van der Waals surface area contributed by atoms with Gasteiger partial charge in [-0.05, 0) is 23.8 Å². The standard InChI is InChI=1S/C18H22N2O3.2C2HF3O2/c1-3-15(7-19-5-1)10-21-13-18-12-20(8-16(18)11-22-14-18)9-17-4-2-6-23-17;2*3-2(4,5)1(6)7/h1-7,16H,8-14H2;2*(H,6,7)/t16-,18-;;/m1../s1. The number of fused-ring (bicyclic) bond motifs is 1. The second-order valence-corrected chi connectivity index (χ2v) is 8.28. The van der Waals surface area contributed by atoms with E-state index in [1.165, 1.54) is 0 Å². The van der Waals surface area contributed by atoms with E-state index in [0.717, 1.165) is 50.8 Å². The van der Waals surface area contributed by atoms with Crippen molar-refractivity contribution in [3.8, 4) is 0 Å². The van der Waals surface area contributed by atoms with Crippen LogP contribution in [0.4, 0.5) is 26.3 Å². The smallest absolute Gasteiger partial charge is 0.475 e. The number of nitrogens with zero attached hydrogens (tertiary/aromatic N) is 2. The molecule has 2 fully saturated rings. The van der Waals surface area contributed by atoms with Gasteiger partial charge in [0.1, 0.15) is 5.76 Å². The summed E-state index contributed by atoms with van der Waals surface area (Å²) in [7, 11) is 0. The Morgan fingerprint density at radius 2 is 1.76 bits per heavy atom. The molecule has 2 N–H and O–H groups in total. The molecular formula is C22H24F6N2O7. The third kappa shape index (κ3) is 9.66. The number of ether oxygens (including phenoxy) is 2. The maximum absolute atomic E-state index is 10.6. The first kappa shape index (κ1) is 30.1. The lowest BCUT2D eigenvalue weighted by Gasteiger charge is -2.27. The molecule has 206 valence electrons. The van der Waals surface area contributed by atoms with Crippen molar-refractivity contribution in [3.63, 3.8) is 0 Å². The number of halogens is 6. The van der Waals surface area contributed by atoms with Crippen molar-refractivity contribution in [2.24, 2.45) is 11.3 Å². The van der Waals surface area contributed by atoms with Gasteiger partial charge in [-0.2, -0.15) is 26.3 Å². The number of furan rings is 1. The molecule has 2 atom stereocenters. The molecule has 2 aromatic heterocycles. The topological polar surface area (TPSA) is 122 Å². The molecule has 0 spiro atoms. The summed E-state index contributed by atoms with van der Waals surface area (Å²) in [6.45, 7) is 5.90. The number of hydrogen-bond acceptors (Lipinski definition) is 7. The van der Waals surface area contributed by atoms with Crippen molar-refractivity contribution in [2.45, 2.75) is 25.5 Å². The van der Waals surface area contributed by atoms with Gasteiger partial charge in [0.25, 0.3) is 0 Å². The average molecular weight is 542 g/mol. The number of carbonyl (C=O) groups is 2. The summed E-state index contributed by atoms with van der Waals surface area (Å²) in [5.74, 6) is -3.94. The van der Waals surface area contributed by atoms with Crippen LogP contribution in [-0.2, 0) is 32.2 Å². The van der Waals surface area contributed by atoms with Crippen LogP contribution in [0.1, 0.15) is 11.3 Å². The number of pyridine rings is 1. The second-order valence-electron chi connectivity index (χ2n) is 8.28. The van der Waals surface area contributed by atoms with Gasteiger partial charge in [-0.15, -0.1) is 0 Å². The highest BCUT2D eigenvalue weighted by molar-refractivity contribution is 5.73. The summed E-state index contributed by atoms with van der Waals surface area (Å²) in [6, 6.07) is 7.97. The van der Waals surface area contributed by atoms with Gasteiger partial charge in [0.2, 0.25) is 0 Å². The minimum absolute atomic E-state index is 0.120. The van der Waals surface area contributed by atoms with Crippen molar-refractivity contribution < 1.29 is 60.0 Å². The van der Waals surface area contributed by atoms with Crippen molar-refractivity contribution in [2.75, 3.05) is 32.9 Å². The molecule has 0 unspecified atom stereocenters. The molecular weight excluding hydrogens is 518 g/mol. The monoisotopic (exact) mass is 542 g/mol. The van der Waals surface area contributed by atoms with Crippen LogP contribution in [0, 0.1) is 11.3 Å². The zero-order valence-electron chi connectivity index (χ0n) is 19.2. The van der Waals surface area contributed by atoms with E-state index < -0.39 is 24.3 Å². The van der Waals surface area contributed by atoms with Crippen LogP contribution in [0.2, 0.25) is 0 Å². The van der Waals surface area contributed by atoms with Crippen LogP contribution in [0.15, 0.2) is 47.3 Å². The maximum Gasteiger partial charge on any atom is 0.490 e. The summed E-state index contributed by atoms with van der Waals surface area (Å²) in [5.41, 5.74) is 1.24. The zero-order valence-corrected chi connectivity index (χ0v) is 19.2. The fraction of sp³-hybridized carbons (Fsp3) is 0.500. The first-order valence-corrected chi connectivity index (χ1v) is 10.6. The Morgan fingerprint density at radius 1 is 1.11 bits per heavy atom. The Kier molecular flexibility index (Phi) is 10.5. The third-order valence-corrected chi connectivity index (χ3v) is 5.42. The van der Waals surface area contributed by atoms with E-state index in [9.17, 15) is 26.3 Å². The van der Waals surface area contributed by atoms with E-state index in [4.69, 9.17) is 33.7 Å². The van der Waals surface area contributed by atoms with Gasteiger partial charge < -0.3 is 24.1 Å². The number of alkyl halides is 6. The average Bonchev–Trinajstić information content (AvgIpc) is 3.51. The summed E-state index contributed by atoms with van der Waals surface area (Å²) in [5, 5.41) is 14.2. The van der Waals surface area contributed by atoms with Crippen LogP contribution in [0.25, 0.3) is 0 Å². The van der Waals surface area contributed by atoms with Gasteiger partial charge in [0.15, 0.2) is 0 Å². The Balaban J connectivity index is 0.000000286. The molecule has 0 bridgehead atoms. The molecule has 9 nitrogen and oxygen atoms in total. The van der Waals surface area contributed by atoms with E-state index in [0.29, 0.717) is 12.5 Å². The minimum atomic E-state index is -5.08. The van der Waals surface area contributed by atoms with E-state index in [2.05, 4.69) is 9.88 Å². The molecule has 0 aliphatic carbocycles. The molecule has 4 heterocycles. The van der Waals surface area contributed by atoms with E-state index >= 15 is 0 Å². The van der Waals surface area contributed by atoms with Crippen LogP contribution < -0.4 is 0 Å². The predicted molar refractivity (Wildman–Crippen MR) is 112 cm³/mol. The largest absolute Gasteiger partial charge is 0.490 e. The first-order valence-electron chi connectivity index (χ1n) is 10.6. The minimum Gasteiger partial charge on any atom is -0.475 e. The third-order valence-electron chi connectivity index (χ3n) is 5.42. The van der Waals surface area contributed by atoms with E-state index in [-0.39, 0.29) is 5.41 Å². The van der Waals surface area contributed by atoms with Crippen molar-refractivity contribution in [3.05, 3.63) is 54.2 Å². The highest BCUT2D eigenvalue weighted by Gasteiger charge is 2.50. The lowest BCUT2D eigenvalue weighted by atomic mass is 9.82. The fourth-order valence-electron chi connectivity index (χ4n) is 3.75. The number of likely N-dealkylation sites (tertiary alicyclic amines) is 1. The van der Waals surface area contributed by atoms with Crippen LogP contribution in [-0.4, -0.2) is 77.3 Å². The molecule has 15 heteroatoms. The summed E-state index contributed by atoms with van der Waals surface area (Å²) in [6.07, 6.45) is -4.78. The zero-order chi connectivity index (χ0) is 27.7. The van der Waals surface area contributed by atoms with Gasteiger partial charge in [-0.25, -0.2) is 9.59 Å². The number of carboxylic acids is 2. The van der Waals surface area contributed by atoms with Gasteiger partial charge >= 0.3 is 24.3 Å². The molecule has 0 saturated carbocycles. The van der Waals surface area contributed by atoms with Gasteiger partial charge in [0, 0.05) is 36.8 Å². The lowest BCUT2D eigenvalue weighted by molar-refractivity contribution is -0.193. The Labute approximate surface area is 206 Å². The first-order chi connectivity index (χ1) is 17.2. The molecule has 37 heavy (non-hydrogen) atoms. The van der Waals surface area contributed by atoms with Crippen LogP contribution in [0.5, 0.6) is 0 Å². The van der Waals surface area contributed by atoms with Crippen LogP contribution in [0.3, 0.4) is 0 Å². The fourth-order valence-corrected chi connectivity index (χ4v) is 3.75. The molecule has 0 amide bonds. The van der Waals surface area contributed by atoms with E-state index in [1.54, 1.807) is 12.5 Å². The Morgan fingerprint density at radius 3 is 2.27 bits per heavy atom. The number of rotatable bonds is 6. The molecule has 2 aromatic rings. The Hall–Kier alpha value is -3.17. The SMILES string of the molecule is O=C(O)C(F)(F)F.O=C(O)C(F)(F)F.c1cncc(COC[C@]23COC[C@H]2CN(Cc2ccco2)C3)c1. The molecule has 0 aromatic carbocycles. The second kappa shape index (κ2) is 12.9. The summed E-state index contributed by atoms with van der Waals surface area (Å²) >= 11 is 0. The van der Waals surface area contributed by atoms with Gasteiger partial charge in [-0.3, -0.25) is 9.88 Å². The van der Waals surface area contributed by atoms with Crippen molar-refractivity contribution in [1.82, 2.24) is 9.88 Å². The molecule has 2 aliphatic heterocycles. The summed E-state index contributed by atoms with van der Waals surface area (Å²) in [4.78, 5) is 24.4. The number of aliphatic carboxylic acids is 2. The van der Waals surface area contributed by atoms with Crippen molar-refractivity contribution in [1.29, 1.82) is 0 Å². The van der Waals surface area contributed by atoms with E-state index in [1.807, 2.05) is 30.5 Å². The molecule has 2 saturated heterocycles. The van der Waals surface area contributed by atoms with Gasteiger partial charge in [-0.1, -0.05) is 6.07 Å². The van der Waals surface area contributed by atoms with Crippen LogP contribution >= 0.6 is 0 Å². The Bertz CT molecular complexity index is 962. The number of aromatic nitrogens is 1. The van der Waals surface area contributed by atoms with Crippen molar-refractivity contribution >= 4 is 11.9 Å². The van der Waals surface area contributed by atoms with Gasteiger partial charge in [0.05, 0.1) is 39.2 Å². The molecule has 0 radical (unpaired) electrons. The predicted octanol–water partition coefficient (Wildman–Crippen LogP) is 3.61. The number of hydrogen-bond donors (Lipinski definition) is 2. The quantitative estimate of drug-likeness (QED) is 0.527. The lowest BCUT2D eigenvalue weighted by Crippen LogP contribution is -2.35. The summed E-state index contributed by atoms with van der Waals surface area (Å²) < 4.78 is 80.7. The molecule has 4 rings (SSSR count). The maximum atomic E-state index is 10.6. The highest BCUT2D eigenvalue weighted by Crippen LogP contribution is 2.42. The normalized spacial score (nSPS) is 21.3. The number of carboxylic acid groups (broad SMARTS) is 2. The molecule has 2 aliphatic rings.